The number of hydrogen-bond acceptors (Lipinski definition) is 7. The van der Waals surface area contributed by atoms with Gasteiger partial charge in [0, 0.05) is 33.2 Å². The van der Waals surface area contributed by atoms with E-state index in [2.05, 4.69) is 44.5 Å². The van der Waals surface area contributed by atoms with E-state index in [-0.39, 0.29) is 0 Å². The van der Waals surface area contributed by atoms with E-state index in [1.165, 1.54) is 13.0 Å². The molecule has 1 aliphatic heterocycles. The lowest BCUT2D eigenvalue weighted by molar-refractivity contribution is 0.260. The molecule has 1 atom stereocenters. The van der Waals surface area contributed by atoms with Crippen molar-refractivity contribution in [3.05, 3.63) is 0 Å². The van der Waals surface area contributed by atoms with Gasteiger partial charge in [-0.3, -0.25) is 0 Å². The highest BCUT2D eigenvalue weighted by Crippen LogP contribution is 2.16. The van der Waals surface area contributed by atoms with Gasteiger partial charge in [-0.15, -0.1) is 0 Å². The zero-order valence-electron chi connectivity index (χ0n) is 13.6. The van der Waals surface area contributed by atoms with Crippen molar-refractivity contribution in [1.82, 2.24) is 19.9 Å². The van der Waals surface area contributed by atoms with Gasteiger partial charge in [-0.05, 0) is 32.9 Å². The second kappa shape index (κ2) is 7.40. The number of nitrogens with zero attached hydrogens (tertiary/aromatic N) is 5. The molecule has 118 valence electrons. The van der Waals surface area contributed by atoms with Gasteiger partial charge in [0.25, 0.3) is 0 Å². The van der Waals surface area contributed by atoms with E-state index < -0.39 is 0 Å². The number of likely N-dealkylation sites (N-methyl/N-ethyl adjacent to an activating group) is 1. The van der Waals surface area contributed by atoms with Crippen LogP contribution in [0, 0.1) is 0 Å². The second-order valence-electron chi connectivity index (χ2n) is 5.85. The van der Waals surface area contributed by atoms with Crippen LogP contribution in [0.25, 0.3) is 0 Å². The molecular weight excluding hydrogens is 266 g/mol. The molecule has 7 nitrogen and oxygen atoms in total. The molecule has 0 bridgehead atoms. The van der Waals surface area contributed by atoms with Gasteiger partial charge in [-0.1, -0.05) is 6.92 Å². The average Bonchev–Trinajstić information content (AvgIpc) is 2.45. The molecule has 7 heteroatoms. The standard InChI is InChI=1S/C14H27N7/c1-5-8-15-12-17-13(19-14(18-12)20(2)3)16-11-7-6-9-21(4)10-11/h11H,5-10H2,1-4H3,(H2,15,16,17,18,19). The maximum Gasteiger partial charge on any atom is 0.231 e. The van der Waals surface area contributed by atoms with Crippen molar-refractivity contribution in [2.24, 2.45) is 0 Å². The normalized spacial score (nSPS) is 19.3. The van der Waals surface area contributed by atoms with E-state index in [1.54, 1.807) is 0 Å². The highest BCUT2D eigenvalue weighted by Gasteiger charge is 2.18. The van der Waals surface area contributed by atoms with Crippen molar-refractivity contribution in [2.75, 3.05) is 56.3 Å². The minimum atomic E-state index is 0.403. The van der Waals surface area contributed by atoms with Gasteiger partial charge in [0.05, 0.1) is 0 Å². The Bertz CT molecular complexity index is 449. The molecule has 0 saturated carbocycles. The van der Waals surface area contributed by atoms with Crippen molar-refractivity contribution in [1.29, 1.82) is 0 Å². The monoisotopic (exact) mass is 293 g/mol. The number of likely N-dealkylation sites (tertiary alicyclic amines) is 1. The summed E-state index contributed by atoms with van der Waals surface area (Å²) in [5.41, 5.74) is 0. The molecule has 1 saturated heterocycles. The Morgan fingerprint density at radius 3 is 2.67 bits per heavy atom. The molecule has 21 heavy (non-hydrogen) atoms. The summed E-state index contributed by atoms with van der Waals surface area (Å²) in [5, 5.41) is 6.69. The van der Waals surface area contributed by atoms with Crippen molar-refractivity contribution in [2.45, 2.75) is 32.2 Å². The summed E-state index contributed by atoms with van der Waals surface area (Å²) in [6, 6.07) is 0.403. The number of anilines is 3. The first-order valence-electron chi connectivity index (χ1n) is 7.71. The van der Waals surface area contributed by atoms with Gasteiger partial charge in [0.2, 0.25) is 17.8 Å². The molecule has 0 amide bonds. The molecule has 1 aliphatic rings. The average molecular weight is 293 g/mol. The third-order valence-corrected chi connectivity index (χ3v) is 3.51. The predicted octanol–water partition coefficient (Wildman–Crippen LogP) is 1.27. The zero-order valence-corrected chi connectivity index (χ0v) is 13.6. The molecule has 2 heterocycles. The fourth-order valence-electron chi connectivity index (χ4n) is 2.41. The molecule has 1 aromatic heterocycles. The van der Waals surface area contributed by atoms with Gasteiger partial charge in [0.15, 0.2) is 0 Å². The molecule has 1 aromatic rings. The first kappa shape index (κ1) is 15.8. The molecule has 2 rings (SSSR count). The molecule has 2 N–H and O–H groups in total. The quantitative estimate of drug-likeness (QED) is 0.818. The lowest BCUT2D eigenvalue weighted by Gasteiger charge is -2.30. The van der Waals surface area contributed by atoms with Gasteiger partial charge in [0.1, 0.15) is 0 Å². The van der Waals surface area contributed by atoms with E-state index in [9.17, 15) is 0 Å². The summed E-state index contributed by atoms with van der Waals surface area (Å²) in [7, 11) is 6.04. The third kappa shape index (κ3) is 4.70. The Hall–Kier alpha value is -1.63. The minimum absolute atomic E-state index is 0.403. The van der Waals surface area contributed by atoms with Gasteiger partial charge >= 0.3 is 0 Å². The van der Waals surface area contributed by atoms with Crippen LogP contribution in [-0.2, 0) is 0 Å². The van der Waals surface area contributed by atoms with E-state index >= 15 is 0 Å². The number of rotatable bonds is 6. The van der Waals surface area contributed by atoms with Crippen LogP contribution in [0.1, 0.15) is 26.2 Å². The van der Waals surface area contributed by atoms with Crippen LogP contribution in [0.4, 0.5) is 17.8 Å². The van der Waals surface area contributed by atoms with Crippen molar-refractivity contribution in [3.63, 3.8) is 0 Å². The van der Waals surface area contributed by atoms with Crippen molar-refractivity contribution < 1.29 is 0 Å². The van der Waals surface area contributed by atoms with Crippen LogP contribution in [0.2, 0.25) is 0 Å². The Balaban J connectivity index is 2.11. The Morgan fingerprint density at radius 1 is 1.24 bits per heavy atom. The summed E-state index contributed by atoms with van der Waals surface area (Å²) in [5.74, 6) is 1.98. The van der Waals surface area contributed by atoms with Crippen LogP contribution in [0.5, 0.6) is 0 Å². The summed E-state index contributed by atoms with van der Waals surface area (Å²) >= 11 is 0. The maximum absolute atomic E-state index is 4.49. The fraction of sp³-hybridized carbons (Fsp3) is 0.786. The van der Waals surface area contributed by atoms with E-state index in [0.717, 1.165) is 25.9 Å². The number of hydrogen-bond donors (Lipinski definition) is 2. The summed E-state index contributed by atoms with van der Waals surface area (Å²) in [4.78, 5) is 17.6. The summed E-state index contributed by atoms with van der Waals surface area (Å²) in [6.45, 7) is 5.18. The Labute approximate surface area is 127 Å². The molecular formula is C14H27N7. The number of nitrogens with one attached hydrogen (secondary N) is 2. The SMILES string of the molecule is CCCNc1nc(NC2CCCN(C)C2)nc(N(C)C)n1. The molecule has 0 aliphatic carbocycles. The van der Waals surface area contributed by atoms with Crippen molar-refractivity contribution in [3.8, 4) is 0 Å². The van der Waals surface area contributed by atoms with Crippen LogP contribution >= 0.6 is 0 Å². The summed E-state index contributed by atoms with van der Waals surface area (Å²) < 4.78 is 0. The van der Waals surface area contributed by atoms with Crippen LogP contribution < -0.4 is 15.5 Å². The molecule has 0 radical (unpaired) electrons. The van der Waals surface area contributed by atoms with Gasteiger partial charge in [-0.2, -0.15) is 15.0 Å². The number of piperidine rings is 1. The maximum atomic E-state index is 4.49. The second-order valence-corrected chi connectivity index (χ2v) is 5.85. The Kier molecular flexibility index (Phi) is 5.55. The lowest BCUT2D eigenvalue weighted by atomic mass is 10.1. The molecule has 1 unspecified atom stereocenters. The number of aromatic nitrogens is 3. The largest absolute Gasteiger partial charge is 0.354 e. The first-order valence-corrected chi connectivity index (χ1v) is 7.71. The van der Waals surface area contributed by atoms with Gasteiger partial charge in [-0.25, -0.2) is 0 Å². The molecule has 0 aromatic carbocycles. The topological polar surface area (TPSA) is 69.2 Å². The molecule has 0 spiro atoms. The van der Waals surface area contributed by atoms with Crippen LogP contribution in [0.15, 0.2) is 0 Å². The van der Waals surface area contributed by atoms with Crippen LogP contribution in [0.3, 0.4) is 0 Å². The molecule has 1 fully saturated rings. The third-order valence-electron chi connectivity index (χ3n) is 3.51. The van der Waals surface area contributed by atoms with Gasteiger partial charge < -0.3 is 20.4 Å². The summed E-state index contributed by atoms with van der Waals surface area (Å²) in [6.07, 6.45) is 3.41. The first-order chi connectivity index (χ1) is 10.1. The minimum Gasteiger partial charge on any atom is -0.354 e. The lowest BCUT2D eigenvalue weighted by Crippen LogP contribution is -2.40. The zero-order chi connectivity index (χ0) is 15.2. The van der Waals surface area contributed by atoms with E-state index in [1.807, 2.05) is 19.0 Å². The predicted molar refractivity (Wildman–Crippen MR) is 87.1 cm³/mol. The Morgan fingerprint density at radius 2 is 2.00 bits per heavy atom. The highest BCUT2D eigenvalue weighted by atomic mass is 15.3. The van der Waals surface area contributed by atoms with E-state index in [4.69, 9.17) is 0 Å². The van der Waals surface area contributed by atoms with Crippen molar-refractivity contribution >= 4 is 17.8 Å². The van der Waals surface area contributed by atoms with Crippen LogP contribution in [-0.4, -0.2) is 66.7 Å². The highest BCUT2D eigenvalue weighted by molar-refractivity contribution is 5.43. The van der Waals surface area contributed by atoms with E-state index in [0.29, 0.717) is 23.9 Å². The fourth-order valence-corrected chi connectivity index (χ4v) is 2.41. The smallest absolute Gasteiger partial charge is 0.231 e.